The molecule has 100 valence electrons. The molecule has 0 fully saturated rings. The Morgan fingerprint density at radius 2 is 2.30 bits per heavy atom. The quantitative estimate of drug-likeness (QED) is 0.663. The SMILES string of the molecule is N#Cc1cc(Cn2cc([N+](=O)[O-])cc2C(=O)O)ccn1. The van der Waals surface area contributed by atoms with E-state index in [1.54, 1.807) is 6.07 Å². The zero-order chi connectivity index (χ0) is 14.7. The predicted molar refractivity (Wildman–Crippen MR) is 66.1 cm³/mol. The second-order valence-electron chi connectivity index (χ2n) is 3.93. The molecule has 2 aromatic heterocycles. The summed E-state index contributed by atoms with van der Waals surface area (Å²) in [5.74, 6) is -1.26. The molecule has 0 atom stereocenters. The number of aromatic nitrogens is 2. The minimum atomic E-state index is -1.26. The lowest BCUT2D eigenvalue weighted by Gasteiger charge is -2.05. The number of pyridine rings is 1. The number of hydrogen-bond donors (Lipinski definition) is 1. The summed E-state index contributed by atoms with van der Waals surface area (Å²) in [5, 5.41) is 28.5. The fourth-order valence-electron chi connectivity index (χ4n) is 1.74. The third kappa shape index (κ3) is 2.62. The van der Waals surface area contributed by atoms with Crippen LogP contribution in [0.5, 0.6) is 0 Å². The van der Waals surface area contributed by atoms with Gasteiger partial charge in [-0.3, -0.25) is 10.1 Å². The molecule has 0 bridgehead atoms. The number of nitro groups is 1. The highest BCUT2D eigenvalue weighted by molar-refractivity contribution is 5.87. The predicted octanol–water partition coefficient (Wildman–Crippen LogP) is 1.41. The first-order chi connectivity index (χ1) is 9.51. The zero-order valence-corrected chi connectivity index (χ0v) is 10.1. The first-order valence-corrected chi connectivity index (χ1v) is 5.44. The van der Waals surface area contributed by atoms with Gasteiger partial charge in [0.1, 0.15) is 17.5 Å². The van der Waals surface area contributed by atoms with Crippen LogP contribution >= 0.6 is 0 Å². The Morgan fingerprint density at radius 1 is 1.55 bits per heavy atom. The first-order valence-electron chi connectivity index (χ1n) is 5.44. The number of carboxylic acid groups (broad SMARTS) is 1. The van der Waals surface area contributed by atoms with Gasteiger partial charge in [-0.2, -0.15) is 5.26 Å². The summed E-state index contributed by atoms with van der Waals surface area (Å²) >= 11 is 0. The molecule has 0 radical (unpaired) electrons. The van der Waals surface area contributed by atoms with Crippen molar-refractivity contribution in [2.45, 2.75) is 6.54 Å². The summed E-state index contributed by atoms with van der Waals surface area (Å²) in [4.78, 5) is 24.9. The largest absolute Gasteiger partial charge is 0.477 e. The smallest absolute Gasteiger partial charge is 0.352 e. The van der Waals surface area contributed by atoms with Gasteiger partial charge in [-0.15, -0.1) is 0 Å². The highest BCUT2D eigenvalue weighted by Crippen LogP contribution is 2.18. The lowest BCUT2D eigenvalue weighted by atomic mass is 10.2. The number of carbonyl (C=O) groups is 1. The van der Waals surface area contributed by atoms with Crippen LogP contribution in [0.4, 0.5) is 5.69 Å². The molecular weight excluding hydrogens is 264 g/mol. The van der Waals surface area contributed by atoms with Gasteiger partial charge in [0.15, 0.2) is 0 Å². The minimum absolute atomic E-state index is 0.104. The van der Waals surface area contributed by atoms with Crippen molar-refractivity contribution in [1.82, 2.24) is 9.55 Å². The average molecular weight is 272 g/mol. The van der Waals surface area contributed by atoms with Crippen LogP contribution in [0.25, 0.3) is 0 Å². The van der Waals surface area contributed by atoms with Gasteiger partial charge in [-0.25, -0.2) is 9.78 Å². The molecule has 8 heteroatoms. The Morgan fingerprint density at radius 3 is 2.90 bits per heavy atom. The fourth-order valence-corrected chi connectivity index (χ4v) is 1.74. The van der Waals surface area contributed by atoms with E-state index in [0.717, 1.165) is 12.3 Å². The van der Waals surface area contributed by atoms with Crippen LogP contribution in [-0.4, -0.2) is 25.6 Å². The molecule has 0 saturated heterocycles. The monoisotopic (exact) mass is 272 g/mol. The third-order valence-electron chi connectivity index (χ3n) is 2.60. The summed E-state index contributed by atoms with van der Waals surface area (Å²) in [6.07, 6.45) is 2.57. The number of aromatic carboxylic acids is 1. The van der Waals surface area contributed by atoms with Crippen molar-refractivity contribution in [2.24, 2.45) is 0 Å². The second-order valence-corrected chi connectivity index (χ2v) is 3.93. The van der Waals surface area contributed by atoms with Crippen molar-refractivity contribution in [1.29, 1.82) is 5.26 Å². The molecule has 0 aliphatic rings. The number of nitriles is 1. The molecule has 0 unspecified atom stereocenters. The number of hydrogen-bond acceptors (Lipinski definition) is 5. The molecule has 0 aliphatic heterocycles. The van der Waals surface area contributed by atoms with Crippen LogP contribution in [0.15, 0.2) is 30.6 Å². The lowest BCUT2D eigenvalue weighted by molar-refractivity contribution is -0.384. The highest BCUT2D eigenvalue weighted by Gasteiger charge is 2.18. The van der Waals surface area contributed by atoms with E-state index in [9.17, 15) is 14.9 Å². The van der Waals surface area contributed by atoms with Crippen molar-refractivity contribution >= 4 is 11.7 Å². The van der Waals surface area contributed by atoms with Crippen molar-refractivity contribution in [3.8, 4) is 6.07 Å². The number of carboxylic acids is 1. The Balaban J connectivity index is 2.39. The second kappa shape index (κ2) is 5.19. The molecule has 20 heavy (non-hydrogen) atoms. The van der Waals surface area contributed by atoms with Gasteiger partial charge >= 0.3 is 5.97 Å². The van der Waals surface area contributed by atoms with Crippen molar-refractivity contribution in [3.05, 3.63) is 57.7 Å². The molecule has 2 aromatic rings. The minimum Gasteiger partial charge on any atom is -0.477 e. The molecule has 0 amide bonds. The van der Waals surface area contributed by atoms with Crippen molar-refractivity contribution < 1.29 is 14.8 Å². The van der Waals surface area contributed by atoms with E-state index in [1.807, 2.05) is 6.07 Å². The maximum atomic E-state index is 11.1. The van der Waals surface area contributed by atoms with E-state index in [1.165, 1.54) is 16.8 Å². The van der Waals surface area contributed by atoms with Gasteiger partial charge < -0.3 is 9.67 Å². The molecule has 0 aromatic carbocycles. The van der Waals surface area contributed by atoms with E-state index in [2.05, 4.69) is 4.98 Å². The van der Waals surface area contributed by atoms with E-state index < -0.39 is 10.9 Å². The molecule has 0 saturated carbocycles. The van der Waals surface area contributed by atoms with Crippen molar-refractivity contribution in [2.75, 3.05) is 0 Å². The van der Waals surface area contributed by atoms with Crippen LogP contribution in [0.3, 0.4) is 0 Å². The van der Waals surface area contributed by atoms with E-state index in [4.69, 9.17) is 10.4 Å². The van der Waals surface area contributed by atoms with Gasteiger partial charge in [0, 0.05) is 18.8 Å². The number of rotatable bonds is 4. The van der Waals surface area contributed by atoms with Crippen LogP contribution in [0.2, 0.25) is 0 Å². The van der Waals surface area contributed by atoms with E-state index in [0.29, 0.717) is 5.56 Å². The van der Waals surface area contributed by atoms with E-state index >= 15 is 0 Å². The van der Waals surface area contributed by atoms with Crippen molar-refractivity contribution in [3.63, 3.8) is 0 Å². The maximum Gasteiger partial charge on any atom is 0.352 e. The Labute approximate surface area is 112 Å². The van der Waals surface area contributed by atoms with Gasteiger partial charge in [-0.1, -0.05) is 0 Å². The summed E-state index contributed by atoms with van der Waals surface area (Å²) < 4.78 is 1.25. The van der Waals surface area contributed by atoms with Gasteiger partial charge in [0.05, 0.1) is 11.1 Å². The fraction of sp³-hybridized carbons (Fsp3) is 0.0833. The standard InChI is InChI=1S/C12H8N4O4/c13-5-9-3-8(1-2-14-9)6-15-7-10(16(19)20)4-11(15)12(17)18/h1-4,7H,6H2,(H,17,18). The van der Waals surface area contributed by atoms with Crippen LogP contribution in [0.1, 0.15) is 21.7 Å². The molecule has 2 heterocycles. The number of nitrogens with zero attached hydrogens (tertiary/aromatic N) is 4. The summed E-state index contributed by atoms with van der Waals surface area (Å²) in [6, 6.07) is 5.97. The van der Waals surface area contributed by atoms with Crippen LogP contribution in [0, 0.1) is 21.4 Å². The molecule has 0 aliphatic carbocycles. The first kappa shape index (κ1) is 13.2. The molecular formula is C12H8N4O4. The average Bonchev–Trinajstić information content (AvgIpc) is 2.83. The van der Waals surface area contributed by atoms with E-state index in [-0.39, 0.29) is 23.6 Å². The summed E-state index contributed by atoms with van der Waals surface area (Å²) in [6.45, 7) is 0.104. The van der Waals surface area contributed by atoms with Gasteiger partial charge in [-0.05, 0) is 17.7 Å². The third-order valence-corrected chi connectivity index (χ3v) is 2.60. The zero-order valence-electron chi connectivity index (χ0n) is 10.1. The molecule has 0 spiro atoms. The molecule has 1 N–H and O–H groups in total. The summed E-state index contributed by atoms with van der Waals surface area (Å²) in [5.41, 5.74) is 0.342. The van der Waals surface area contributed by atoms with Crippen LogP contribution < -0.4 is 0 Å². The molecule has 8 nitrogen and oxygen atoms in total. The summed E-state index contributed by atoms with van der Waals surface area (Å²) in [7, 11) is 0. The molecule has 2 rings (SSSR count). The Bertz CT molecular complexity index is 729. The lowest BCUT2D eigenvalue weighted by Crippen LogP contribution is -2.08. The maximum absolute atomic E-state index is 11.1. The normalized spacial score (nSPS) is 9.95. The highest BCUT2D eigenvalue weighted by atomic mass is 16.6. The Hall–Kier alpha value is -3.21. The topological polar surface area (TPSA) is 122 Å². The van der Waals surface area contributed by atoms with Gasteiger partial charge in [0.25, 0.3) is 5.69 Å². The Kier molecular flexibility index (Phi) is 3.43. The van der Waals surface area contributed by atoms with Crippen LogP contribution in [-0.2, 0) is 6.54 Å². The van der Waals surface area contributed by atoms with Gasteiger partial charge in [0.2, 0.25) is 0 Å².